The van der Waals surface area contributed by atoms with Gasteiger partial charge in [-0.2, -0.15) is 5.10 Å². The van der Waals surface area contributed by atoms with Gasteiger partial charge in [0.1, 0.15) is 5.52 Å². The van der Waals surface area contributed by atoms with E-state index < -0.39 is 0 Å². The Labute approximate surface area is 118 Å². The predicted molar refractivity (Wildman–Crippen MR) is 77.1 cm³/mol. The summed E-state index contributed by atoms with van der Waals surface area (Å²) < 4.78 is 5.41. The van der Waals surface area contributed by atoms with E-state index in [9.17, 15) is 0 Å². The molecule has 0 saturated carbocycles. The van der Waals surface area contributed by atoms with Gasteiger partial charge in [0.25, 0.3) is 0 Å². The SMILES string of the molecule is Cc1nn(C)c2c1[nH]c(=S)n2Cc1ccc(Cl)s1. The fourth-order valence-corrected chi connectivity index (χ4v) is 3.44. The lowest BCUT2D eigenvalue weighted by molar-refractivity contribution is 0.719. The van der Waals surface area contributed by atoms with E-state index in [1.54, 1.807) is 11.3 Å². The molecule has 0 atom stereocenters. The van der Waals surface area contributed by atoms with Crippen molar-refractivity contribution in [3.8, 4) is 0 Å². The van der Waals surface area contributed by atoms with Gasteiger partial charge in [-0.15, -0.1) is 11.3 Å². The Morgan fingerprint density at radius 1 is 1.50 bits per heavy atom. The molecule has 0 radical (unpaired) electrons. The molecule has 0 amide bonds. The third kappa shape index (κ3) is 1.81. The summed E-state index contributed by atoms with van der Waals surface area (Å²) in [5.41, 5.74) is 2.98. The van der Waals surface area contributed by atoms with Crippen LogP contribution >= 0.6 is 35.2 Å². The Hall–Kier alpha value is -1.11. The summed E-state index contributed by atoms with van der Waals surface area (Å²) in [6, 6.07) is 3.93. The highest BCUT2D eigenvalue weighted by atomic mass is 35.5. The Morgan fingerprint density at radius 3 is 2.94 bits per heavy atom. The average molecular weight is 299 g/mol. The number of halogens is 1. The number of aromatic nitrogens is 4. The highest BCUT2D eigenvalue weighted by Gasteiger charge is 2.13. The molecule has 3 heterocycles. The molecular weight excluding hydrogens is 288 g/mol. The van der Waals surface area contributed by atoms with Crippen molar-refractivity contribution in [2.45, 2.75) is 13.5 Å². The molecule has 94 valence electrons. The number of hydrogen-bond donors (Lipinski definition) is 1. The van der Waals surface area contributed by atoms with E-state index in [0.29, 0.717) is 4.77 Å². The van der Waals surface area contributed by atoms with E-state index in [-0.39, 0.29) is 0 Å². The van der Waals surface area contributed by atoms with Crippen molar-refractivity contribution in [2.75, 3.05) is 0 Å². The maximum absolute atomic E-state index is 5.95. The van der Waals surface area contributed by atoms with E-state index in [4.69, 9.17) is 23.8 Å². The first-order chi connectivity index (χ1) is 8.56. The van der Waals surface area contributed by atoms with Crippen LogP contribution in [0, 0.1) is 11.7 Å². The molecule has 3 rings (SSSR count). The van der Waals surface area contributed by atoms with Crippen LogP contribution in [0.3, 0.4) is 0 Å². The zero-order valence-electron chi connectivity index (χ0n) is 9.90. The van der Waals surface area contributed by atoms with Crippen LogP contribution in [0.15, 0.2) is 12.1 Å². The van der Waals surface area contributed by atoms with Crippen LogP contribution in [-0.2, 0) is 13.6 Å². The minimum Gasteiger partial charge on any atom is -0.328 e. The average Bonchev–Trinajstić information content (AvgIpc) is 2.91. The molecule has 0 bridgehead atoms. The maximum atomic E-state index is 5.95. The van der Waals surface area contributed by atoms with Crippen LogP contribution in [0.1, 0.15) is 10.6 Å². The first-order valence-corrected chi connectivity index (χ1v) is 7.03. The lowest BCUT2D eigenvalue weighted by Crippen LogP contribution is -2.03. The Morgan fingerprint density at radius 2 is 2.28 bits per heavy atom. The fourth-order valence-electron chi connectivity index (χ4n) is 2.11. The van der Waals surface area contributed by atoms with E-state index in [1.807, 2.05) is 35.4 Å². The summed E-state index contributed by atoms with van der Waals surface area (Å²) in [5, 5.41) is 4.39. The molecule has 3 aromatic rings. The minimum absolute atomic E-state index is 0.714. The third-order valence-electron chi connectivity index (χ3n) is 2.87. The van der Waals surface area contributed by atoms with Crippen LogP contribution in [0.2, 0.25) is 4.34 Å². The van der Waals surface area contributed by atoms with Gasteiger partial charge >= 0.3 is 0 Å². The molecule has 0 spiro atoms. The molecule has 0 saturated heterocycles. The number of thiophene rings is 1. The first kappa shape index (κ1) is 12.0. The lowest BCUT2D eigenvalue weighted by atomic mass is 10.4. The zero-order chi connectivity index (χ0) is 12.9. The number of H-pyrrole nitrogens is 1. The first-order valence-electron chi connectivity index (χ1n) is 5.42. The highest BCUT2D eigenvalue weighted by molar-refractivity contribution is 7.71. The van der Waals surface area contributed by atoms with Crippen LogP contribution in [0.5, 0.6) is 0 Å². The standard InChI is InChI=1S/C11H11ClN4S2/c1-6-9-10(15(2)14-6)16(11(17)13-9)5-7-3-4-8(12)18-7/h3-4H,5H2,1-2H3,(H,13,17). The number of nitrogens with one attached hydrogen (secondary N) is 1. The second-order valence-electron chi connectivity index (χ2n) is 4.13. The topological polar surface area (TPSA) is 38.5 Å². The number of imidazole rings is 1. The molecule has 0 fully saturated rings. The normalized spacial score (nSPS) is 11.5. The van der Waals surface area contributed by atoms with Crippen LogP contribution in [0.25, 0.3) is 11.2 Å². The summed E-state index contributed by atoms with van der Waals surface area (Å²) in [6.07, 6.45) is 0. The van der Waals surface area contributed by atoms with Crippen molar-refractivity contribution >= 4 is 46.3 Å². The lowest BCUT2D eigenvalue weighted by Gasteiger charge is -2.02. The van der Waals surface area contributed by atoms with Gasteiger partial charge in [0.05, 0.1) is 16.6 Å². The fraction of sp³-hybridized carbons (Fsp3) is 0.273. The zero-order valence-corrected chi connectivity index (χ0v) is 12.3. The number of rotatable bonds is 2. The van der Waals surface area contributed by atoms with Crippen molar-refractivity contribution in [3.63, 3.8) is 0 Å². The molecule has 1 N–H and O–H groups in total. The summed E-state index contributed by atoms with van der Waals surface area (Å²) in [4.78, 5) is 4.39. The molecule has 4 nitrogen and oxygen atoms in total. The quantitative estimate of drug-likeness (QED) is 0.735. The molecule has 0 aromatic carbocycles. The highest BCUT2D eigenvalue weighted by Crippen LogP contribution is 2.24. The molecule has 3 aromatic heterocycles. The van der Waals surface area contributed by atoms with E-state index in [1.165, 1.54) is 4.88 Å². The van der Waals surface area contributed by atoms with Crippen molar-refractivity contribution in [1.82, 2.24) is 19.3 Å². The molecule has 18 heavy (non-hydrogen) atoms. The van der Waals surface area contributed by atoms with E-state index >= 15 is 0 Å². The van der Waals surface area contributed by atoms with Crippen molar-refractivity contribution in [2.24, 2.45) is 7.05 Å². The van der Waals surface area contributed by atoms with Gasteiger partial charge in [0.15, 0.2) is 10.4 Å². The summed E-state index contributed by atoms with van der Waals surface area (Å²) in [6.45, 7) is 2.69. The number of nitrogens with zero attached hydrogens (tertiary/aromatic N) is 3. The largest absolute Gasteiger partial charge is 0.328 e. The van der Waals surface area contributed by atoms with Gasteiger partial charge in [0, 0.05) is 11.9 Å². The number of aryl methyl sites for hydroxylation is 2. The van der Waals surface area contributed by atoms with Crippen LogP contribution in [-0.4, -0.2) is 19.3 Å². The number of fused-ring (bicyclic) bond motifs is 1. The van der Waals surface area contributed by atoms with Gasteiger partial charge in [-0.1, -0.05) is 11.6 Å². The monoisotopic (exact) mass is 298 g/mol. The molecule has 7 heteroatoms. The van der Waals surface area contributed by atoms with Crippen LogP contribution < -0.4 is 0 Å². The smallest absolute Gasteiger partial charge is 0.179 e. The Kier molecular flexibility index (Phi) is 2.80. The molecular formula is C11H11ClN4S2. The minimum atomic E-state index is 0.714. The van der Waals surface area contributed by atoms with Gasteiger partial charge in [0.2, 0.25) is 0 Å². The van der Waals surface area contributed by atoms with Crippen molar-refractivity contribution in [3.05, 3.63) is 31.8 Å². The maximum Gasteiger partial charge on any atom is 0.179 e. The summed E-state index contributed by atoms with van der Waals surface area (Å²) >= 11 is 12.9. The summed E-state index contributed by atoms with van der Waals surface area (Å²) in [5.74, 6) is 0. The molecule has 0 aliphatic heterocycles. The van der Waals surface area contributed by atoms with E-state index in [0.717, 1.165) is 27.7 Å². The molecule has 0 aliphatic carbocycles. The molecule has 0 unspecified atom stereocenters. The van der Waals surface area contributed by atoms with Crippen molar-refractivity contribution < 1.29 is 0 Å². The van der Waals surface area contributed by atoms with Gasteiger partial charge in [-0.25, -0.2) is 0 Å². The predicted octanol–water partition coefficient (Wildman–Crippen LogP) is 3.50. The van der Waals surface area contributed by atoms with Gasteiger partial charge < -0.3 is 4.98 Å². The number of aromatic amines is 1. The Bertz CT molecular complexity index is 777. The second-order valence-corrected chi connectivity index (χ2v) is 6.32. The van der Waals surface area contributed by atoms with Crippen molar-refractivity contribution in [1.29, 1.82) is 0 Å². The molecule has 0 aliphatic rings. The van der Waals surface area contributed by atoms with E-state index in [2.05, 4.69) is 10.1 Å². The van der Waals surface area contributed by atoms with Gasteiger partial charge in [-0.05, 0) is 31.3 Å². The summed E-state index contributed by atoms with van der Waals surface area (Å²) in [7, 11) is 1.93. The Balaban J connectivity index is 2.16. The van der Waals surface area contributed by atoms with Crippen LogP contribution in [0.4, 0.5) is 0 Å². The second kappa shape index (κ2) is 4.22. The van der Waals surface area contributed by atoms with Gasteiger partial charge in [-0.3, -0.25) is 9.25 Å². The third-order valence-corrected chi connectivity index (χ3v) is 4.41. The number of hydrogen-bond acceptors (Lipinski definition) is 3.